The molecule has 90 valence electrons. The normalized spacial score (nSPS) is 12.6. The summed E-state index contributed by atoms with van der Waals surface area (Å²) in [5, 5.41) is 15.9. The first kappa shape index (κ1) is 11.8. The van der Waals surface area contributed by atoms with E-state index in [1.54, 1.807) is 6.92 Å². The highest BCUT2D eigenvalue weighted by molar-refractivity contribution is 5.13. The molecule has 1 aromatic heterocycles. The highest BCUT2D eigenvalue weighted by Gasteiger charge is 2.07. The van der Waals surface area contributed by atoms with E-state index in [0.29, 0.717) is 24.9 Å². The van der Waals surface area contributed by atoms with Gasteiger partial charge in [-0.25, -0.2) is 4.98 Å². The Labute approximate surface area is 99.5 Å². The number of H-pyrrole nitrogens is 1. The smallest absolute Gasteiger partial charge is 0.178 e. The van der Waals surface area contributed by atoms with Crippen molar-refractivity contribution in [2.24, 2.45) is 0 Å². The van der Waals surface area contributed by atoms with Crippen LogP contribution in [-0.2, 0) is 18.0 Å². The van der Waals surface area contributed by atoms with Crippen LogP contribution in [0, 0.1) is 0 Å². The van der Waals surface area contributed by atoms with Crippen molar-refractivity contribution in [2.45, 2.75) is 26.2 Å². The first-order valence-corrected chi connectivity index (χ1v) is 5.46. The van der Waals surface area contributed by atoms with E-state index in [-0.39, 0.29) is 0 Å². The number of aliphatic hydroxyl groups is 1. The second-order valence-corrected chi connectivity index (χ2v) is 3.79. The molecular formula is C12H15N3O2. The number of aliphatic hydroxyl groups excluding tert-OH is 1. The van der Waals surface area contributed by atoms with E-state index >= 15 is 0 Å². The minimum Gasteiger partial charge on any atom is -0.385 e. The van der Waals surface area contributed by atoms with Crippen LogP contribution < -0.4 is 0 Å². The molecule has 0 aliphatic carbocycles. The van der Waals surface area contributed by atoms with Gasteiger partial charge in [-0.3, -0.25) is 5.10 Å². The lowest BCUT2D eigenvalue weighted by Gasteiger charge is -2.01. The molecular weight excluding hydrogens is 218 g/mol. The first-order valence-electron chi connectivity index (χ1n) is 5.46. The monoisotopic (exact) mass is 233 g/mol. The second kappa shape index (κ2) is 5.56. The van der Waals surface area contributed by atoms with Crippen LogP contribution in [0.3, 0.4) is 0 Å². The van der Waals surface area contributed by atoms with Gasteiger partial charge in [0.25, 0.3) is 0 Å². The van der Waals surface area contributed by atoms with Crippen molar-refractivity contribution in [1.82, 2.24) is 15.2 Å². The predicted molar refractivity (Wildman–Crippen MR) is 62.0 cm³/mol. The largest absolute Gasteiger partial charge is 0.385 e. The minimum atomic E-state index is -0.658. The van der Waals surface area contributed by atoms with Gasteiger partial charge in [0.15, 0.2) is 11.6 Å². The summed E-state index contributed by atoms with van der Waals surface area (Å²) in [6, 6.07) is 9.91. The molecule has 0 aliphatic rings. The fourth-order valence-corrected chi connectivity index (χ4v) is 1.40. The van der Waals surface area contributed by atoms with Gasteiger partial charge < -0.3 is 9.84 Å². The van der Waals surface area contributed by atoms with Gasteiger partial charge in [-0.2, -0.15) is 5.10 Å². The number of nitrogens with one attached hydrogen (secondary N) is 1. The topological polar surface area (TPSA) is 71.0 Å². The summed E-state index contributed by atoms with van der Waals surface area (Å²) in [6.07, 6.45) is -0.658. The van der Waals surface area contributed by atoms with Crippen LogP contribution in [0.2, 0.25) is 0 Å². The fourth-order valence-electron chi connectivity index (χ4n) is 1.40. The van der Waals surface area contributed by atoms with Crippen molar-refractivity contribution >= 4 is 0 Å². The Morgan fingerprint density at radius 2 is 2.06 bits per heavy atom. The summed E-state index contributed by atoms with van der Waals surface area (Å²) >= 11 is 0. The molecule has 1 atom stereocenters. The number of ether oxygens (including phenoxy) is 1. The van der Waals surface area contributed by atoms with Gasteiger partial charge in [0.1, 0.15) is 12.7 Å². The molecule has 2 N–H and O–H groups in total. The van der Waals surface area contributed by atoms with Crippen molar-refractivity contribution in [2.75, 3.05) is 0 Å². The van der Waals surface area contributed by atoms with Gasteiger partial charge in [0, 0.05) is 0 Å². The van der Waals surface area contributed by atoms with Crippen molar-refractivity contribution in [3.05, 3.63) is 47.5 Å². The number of rotatable bonds is 5. The van der Waals surface area contributed by atoms with E-state index in [2.05, 4.69) is 15.2 Å². The lowest BCUT2D eigenvalue weighted by atomic mass is 10.2. The van der Waals surface area contributed by atoms with E-state index < -0.39 is 6.10 Å². The molecule has 0 spiro atoms. The van der Waals surface area contributed by atoms with E-state index in [1.807, 2.05) is 30.3 Å². The molecule has 2 rings (SSSR count). The molecule has 17 heavy (non-hydrogen) atoms. The molecule has 5 nitrogen and oxygen atoms in total. The summed E-state index contributed by atoms with van der Waals surface area (Å²) in [5.74, 6) is 1.01. The standard InChI is InChI=1S/C12H15N3O2/c1-9(16)12-13-11(14-15-12)8-17-7-10-5-3-2-4-6-10/h2-6,9,16H,7-8H2,1H3,(H,13,14,15). The van der Waals surface area contributed by atoms with Crippen molar-refractivity contribution in [3.63, 3.8) is 0 Å². The van der Waals surface area contributed by atoms with Crippen LogP contribution in [-0.4, -0.2) is 20.3 Å². The van der Waals surface area contributed by atoms with E-state index in [9.17, 15) is 5.11 Å². The van der Waals surface area contributed by atoms with Crippen LogP contribution in [0.25, 0.3) is 0 Å². The van der Waals surface area contributed by atoms with Crippen molar-refractivity contribution in [3.8, 4) is 0 Å². The lowest BCUT2D eigenvalue weighted by molar-refractivity contribution is 0.102. The van der Waals surface area contributed by atoms with Gasteiger partial charge in [-0.15, -0.1) is 0 Å². The molecule has 0 saturated carbocycles. The second-order valence-electron chi connectivity index (χ2n) is 3.79. The van der Waals surface area contributed by atoms with Gasteiger partial charge in [0.05, 0.1) is 6.61 Å². The molecule has 5 heteroatoms. The third-order valence-corrected chi connectivity index (χ3v) is 2.27. The Morgan fingerprint density at radius 1 is 1.29 bits per heavy atom. The summed E-state index contributed by atoms with van der Waals surface area (Å²) < 4.78 is 5.48. The van der Waals surface area contributed by atoms with E-state index in [4.69, 9.17) is 4.74 Å². The first-order chi connectivity index (χ1) is 8.25. The van der Waals surface area contributed by atoms with Crippen LogP contribution >= 0.6 is 0 Å². The van der Waals surface area contributed by atoms with E-state index in [1.165, 1.54) is 0 Å². The molecule has 1 aromatic carbocycles. The maximum Gasteiger partial charge on any atom is 0.178 e. The van der Waals surface area contributed by atoms with E-state index in [0.717, 1.165) is 5.56 Å². The van der Waals surface area contributed by atoms with Crippen LogP contribution in [0.15, 0.2) is 30.3 Å². The number of aromatic amines is 1. The molecule has 2 aromatic rings. The average molecular weight is 233 g/mol. The Balaban J connectivity index is 1.82. The molecule has 0 aliphatic heterocycles. The molecule has 0 radical (unpaired) electrons. The maximum absolute atomic E-state index is 9.25. The quantitative estimate of drug-likeness (QED) is 0.822. The average Bonchev–Trinajstić information content (AvgIpc) is 2.79. The van der Waals surface area contributed by atoms with Gasteiger partial charge in [0.2, 0.25) is 0 Å². The number of aromatic nitrogens is 3. The zero-order valence-corrected chi connectivity index (χ0v) is 9.63. The Kier molecular flexibility index (Phi) is 3.85. The molecule has 1 heterocycles. The molecule has 1 unspecified atom stereocenters. The SMILES string of the molecule is CC(O)c1n[nH]c(COCc2ccccc2)n1. The van der Waals surface area contributed by atoms with Gasteiger partial charge >= 0.3 is 0 Å². The van der Waals surface area contributed by atoms with Crippen molar-refractivity contribution in [1.29, 1.82) is 0 Å². The third kappa shape index (κ3) is 3.37. The molecule has 0 fully saturated rings. The zero-order chi connectivity index (χ0) is 12.1. The summed E-state index contributed by atoms with van der Waals surface area (Å²) in [7, 11) is 0. The minimum absolute atomic E-state index is 0.356. The highest BCUT2D eigenvalue weighted by Crippen LogP contribution is 2.06. The lowest BCUT2D eigenvalue weighted by Crippen LogP contribution is -1.97. The summed E-state index contributed by atoms with van der Waals surface area (Å²) in [4.78, 5) is 4.10. The maximum atomic E-state index is 9.25. The zero-order valence-electron chi connectivity index (χ0n) is 9.63. The van der Waals surface area contributed by atoms with Crippen molar-refractivity contribution < 1.29 is 9.84 Å². The summed E-state index contributed by atoms with van der Waals surface area (Å²) in [5.41, 5.74) is 1.11. The number of hydrogen-bond donors (Lipinski definition) is 2. The third-order valence-electron chi connectivity index (χ3n) is 2.27. The molecule has 0 saturated heterocycles. The van der Waals surface area contributed by atoms with Crippen LogP contribution in [0.4, 0.5) is 0 Å². The molecule has 0 amide bonds. The Morgan fingerprint density at radius 3 is 2.71 bits per heavy atom. The Hall–Kier alpha value is -1.72. The summed E-state index contributed by atoms with van der Waals surface area (Å²) in [6.45, 7) is 2.51. The van der Waals surface area contributed by atoms with Crippen LogP contribution in [0.1, 0.15) is 30.2 Å². The van der Waals surface area contributed by atoms with Gasteiger partial charge in [-0.1, -0.05) is 30.3 Å². The van der Waals surface area contributed by atoms with Crippen LogP contribution in [0.5, 0.6) is 0 Å². The predicted octanol–water partition coefficient (Wildman–Crippen LogP) is 1.57. The number of hydrogen-bond acceptors (Lipinski definition) is 4. The highest BCUT2D eigenvalue weighted by atomic mass is 16.5. The number of benzene rings is 1. The number of nitrogens with zero attached hydrogens (tertiary/aromatic N) is 2. The van der Waals surface area contributed by atoms with Gasteiger partial charge in [-0.05, 0) is 12.5 Å². The fraction of sp³-hybridized carbons (Fsp3) is 0.333. The Bertz CT molecular complexity index is 454. The molecule has 0 bridgehead atoms.